The van der Waals surface area contributed by atoms with Crippen molar-refractivity contribution in [3.63, 3.8) is 0 Å². The monoisotopic (exact) mass is 461 g/mol. The van der Waals surface area contributed by atoms with Gasteiger partial charge in [0.2, 0.25) is 0 Å². The molecule has 0 radical (unpaired) electrons. The van der Waals surface area contributed by atoms with Crippen molar-refractivity contribution in [1.82, 2.24) is 0 Å². The number of carbonyl (C=O) groups excluding carboxylic acids is 1. The number of rotatable bonds is 6. The van der Waals surface area contributed by atoms with E-state index in [-0.39, 0.29) is 5.41 Å². The van der Waals surface area contributed by atoms with E-state index in [1.807, 2.05) is 30.3 Å². The number of carbonyl (C=O) groups is 1. The zero-order valence-corrected chi connectivity index (χ0v) is 18.5. The highest BCUT2D eigenvalue weighted by Gasteiger charge is 2.41. The first-order valence-corrected chi connectivity index (χ1v) is 11.5. The number of halogens is 1. The second kappa shape index (κ2) is 9.16. The van der Waals surface area contributed by atoms with Gasteiger partial charge in [-0.15, -0.1) is 0 Å². The van der Waals surface area contributed by atoms with Crippen molar-refractivity contribution in [3.8, 4) is 5.75 Å². The fraction of sp³-hybridized carbons (Fsp3) is 0.318. The van der Waals surface area contributed by atoms with Crippen LogP contribution in [0, 0.1) is 5.41 Å². The van der Waals surface area contributed by atoms with Gasteiger partial charge in [0, 0.05) is 29.8 Å². The molecule has 148 valence electrons. The summed E-state index contributed by atoms with van der Waals surface area (Å²) in [5.74, 6) is 1.15. The van der Waals surface area contributed by atoms with Gasteiger partial charge in [0.15, 0.2) is 4.90 Å². The molecule has 6 heteroatoms. The smallest absolute Gasteiger partial charge is 0.180 e. The number of allylic oxidation sites excluding steroid dienone is 1. The molecule has 0 fully saturated rings. The molecule has 0 aliphatic carbocycles. The molecule has 1 unspecified atom stereocenters. The Morgan fingerprint density at radius 3 is 2.61 bits per heavy atom. The minimum Gasteiger partial charge on any atom is -0.611 e. The first-order valence-electron chi connectivity index (χ1n) is 9.35. The molecule has 0 saturated carbocycles. The van der Waals surface area contributed by atoms with E-state index in [0.29, 0.717) is 17.8 Å². The maximum absolute atomic E-state index is 13.3. The largest absolute Gasteiger partial charge is 0.611 e. The molecule has 1 atom stereocenters. The number of para-hydroxylation sites is 1. The van der Waals surface area contributed by atoms with Gasteiger partial charge in [-0.2, -0.15) is 0 Å². The van der Waals surface area contributed by atoms with E-state index in [1.165, 1.54) is 12.3 Å². The van der Waals surface area contributed by atoms with Gasteiger partial charge in [-0.3, -0.25) is 4.79 Å². The number of fused-ring (bicyclic) bond motifs is 1. The molecule has 0 bridgehead atoms. The van der Waals surface area contributed by atoms with E-state index in [0.717, 1.165) is 40.1 Å². The Bertz CT molecular complexity index is 852. The van der Waals surface area contributed by atoms with E-state index in [9.17, 15) is 9.35 Å². The number of benzene rings is 2. The molecule has 0 aromatic heterocycles. The van der Waals surface area contributed by atoms with E-state index in [1.54, 1.807) is 0 Å². The minimum absolute atomic E-state index is 0.0371. The highest BCUT2D eigenvalue weighted by molar-refractivity contribution is 9.10. The number of ether oxygens (including phenoxy) is 1. The van der Waals surface area contributed by atoms with Crippen LogP contribution in [0.3, 0.4) is 0 Å². The number of aldehydes is 1. The van der Waals surface area contributed by atoms with E-state index in [2.05, 4.69) is 46.8 Å². The quantitative estimate of drug-likeness (QED) is 0.243. The number of nitrogens with zero attached hydrogens (tertiary/aromatic N) is 1. The van der Waals surface area contributed by atoms with Crippen molar-refractivity contribution in [3.05, 3.63) is 59.3 Å². The average molecular weight is 462 g/mol. The lowest BCUT2D eigenvalue weighted by Crippen LogP contribution is -2.37. The first-order chi connectivity index (χ1) is 13.5. The lowest BCUT2D eigenvalue weighted by atomic mass is 9.83. The van der Waals surface area contributed by atoms with Crippen molar-refractivity contribution in [2.75, 3.05) is 17.2 Å². The minimum atomic E-state index is -1.16. The molecule has 2 aromatic rings. The van der Waals surface area contributed by atoms with Crippen LogP contribution in [0.2, 0.25) is 0 Å². The molecule has 1 heterocycles. The Balaban J connectivity index is 2.14. The highest BCUT2D eigenvalue weighted by Crippen LogP contribution is 2.46. The van der Waals surface area contributed by atoms with Gasteiger partial charge in [-0.25, -0.2) is 0 Å². The summed E-state index contributed by atoms with van der Waals surface area (Å²) in [4.78, 5) is 13.5. The molecule has 0 spiro atoms. The highest BCUT2D eigenvalue weighted by atomic mass is 79.9. The average Bonchev–Trinajstić information content (AvgIpc) is 2.84. The van der Waals surface area contributed by atoms with Crippen molar-refractivity contribution < 1.29 is 14.1 Å². The standard InChI is InChI=1S/C22H24BrNO3S/c1-3-22(4-2)15-24(17-9-6-5-7-10-17)19-13-18(23)20(27-12-8-11-25)14-21(19)28(26)16-22/h5-14H,3-4,15-16H2,1-2H3/b12-8+. The summed E-state index contributed by atoms with van der Waals surface area (Å²) in [6.07, 6.45) is 5.18. The molecule has 1 aliphatic heterocycles. The van der Waals surface area contributed by atoms with Gasteiger partial charge >= 0.3 is 0 Å². The number of hydrogen-bond donors (Lipinski definition) is 0. The Morgan fingerprint density at radius 1 is 1.25 bits per heavy atom. The molecule has 0 amide bonds. The molecule has 0 N–H and O–H groups in total. The predicted molar refractivity (Wildman–Crippen MR) is 118 cm³/mol. The van der Waals surface area contributed by atoms with Gasteiger partial charge in [0.25, 0.3) is 0 Å². The number of hydrogen-bond acceptors (Lipinski definition) is 4. The lowest BCUT2D eigenvalue weighted by molar-refractivity contribution is -0.104. The summed E-state index contributed by atoms with van der Waals surface area (Å²) < 4.78 is 19.7. The number of anilines is 2. The topological polar surface area (TPSA) is 52.6 Å². The van der Waals surface area contributed by atoms with Crippen LogP contribution in [0.15, 0.2) is 64.2 Å². The zero-order chi connectivity index (χ0) is 20.1. The van der Waals surface area contributed by atoms with Crippen LogP contribution >= 0.6 is 15.9 Å². The van der Waals surface area contributed by atoms with E-state index in [4.69, 9.17) is 4.74 Å². The third-order valence-electron chi connectivity index (χ3n) is 5.40. The fourth-order valence-corrected chi connectivity index (χ4v) is 5.77. The molecule has 2 aromatic carbocycles. The van der Waals surface area contributed by atoms with Crippen LogP contribution in [0.25, 0.3) is 0 Å². The zero-order valence-electron chi connectivity index (χ0n) is 16.1. The van der Waals surface area contributed by atoms with Crippen LogP contribution in [0.5, 0.6) is 5.75 Å². The second-order valence-electron chi connectivity index (χ2n) is 6.95. The Hall–Kier alpha value is -1.76. The van der Waals surface area contributed by atoms with Crippen LogP contribution < -0.4 is 9.64 Å². The molecular formula is C22H24BrNO3S. The van der Waals surface area contributed by atoms with E-state index >= 15 is 0 Å². The van der Waals surface area contributed by atoms with E-state index < -0.39 is 11.2 Å². The molecule has 4 nitrogen and oxygen atoms in total. The van der Waals surface area contributed by atoms with Gasteiger partial charge in [0.05, 0.1) is 16.4 Å². The van der Waals surface area contributed by atoms with Crippen molar-refractivity contribution in [2.45, 2.75) is 31.6 Å². The van der Waals surface area contributed by atoms with Gasteiger partial charge in [-0.1, -0.05) is 32.0 Å². The molecular weight excluding hydrogens is 438 g/mol. The predicted octanol–water partition coefficient (Wildman–Crippen LogP) is 5.61. The summed E-state index contributed by atoms with van der Waals surface area (Å²) in [5.41, 5.74) is 1.97. The van der Waals surface area contributed by atoms with Crippen molar-refractivity contribution in [1.29, 1.82) is 0 Å². The van der Waals surface area contributed by atoms with Crippen molar-refractivity contribution in [2.24, 2.45) is 5.41 Å². The normalized spacial score (nSPS) is 18.6. The molecule has 1 aliphatic rings. The molecule has 3 rings (SSSR count). The summed E-state index contributed by atoms with van der Waals surface area (Å²) in [7, 11) is 0. The van der Waals surface area contributed by atoms with Crippen LogP contribution in [-0.2, 0) is 16.0 Å². The SMILES string of the molecule is CCC1(CC)CN(c2ccccc2)c2cc(Br)c(O/C=C/C=O)cc2[S+]([O-])C1. The van der Waals surface area contributed by atoms with Crippen molar-refractivity contribution >= 4 is 44.8 Å². The fourth-order valence-electron chi connectivity index (χ4n) is 3.49. The third kappa shape index (κ3) is 4.29. The molecule has 28 heavy (non-hydrogen) atoms. The van der Waals surface area contributed by atoms with Crippen LogP contribution in [-0.4, -0.2) is 23.1 Å². The Kier molecular flexibility index (Phi) is 6.86. The summed E-state index contributed by atoms with van der Waals surface area (Å²) in [6.45, 7) is 5.16. The summed E-state index contributed by atoms with van der Waals surface area (Å²) in [6, 6.07) is 14.0. The molecule has 0 saturated heterocycles. The van der Waals surface area contributed by atoms with Crippen LogP contribution in [0.1, 0.15) is 26.7 Å². The summed E-state index contributed by atoms with van der Waals surface area (Å²) in [5, 5.41) is 0. The van der Waals surface area contributed by atoms with Crippen LogP contribution in [0.4, 0.5) is 11.4 Å². The maximum Gasteiger partial charge on any atom is 0.180 e. The van der Waals surface area contributed by atoms with Gasteiger partial charge in [-0.05, 0) is 58.1 Å². The lowest BCUT2D eigenvalue weighted by Gasteiger charge is -2.34. The second-order valence-corrected chi connectivity index (χ2v) is 9.23. The summed E-state index contributed by atoms with van der Waals surface area (Å²) >= 11 is 2.40. The third-order valence-corrected chi connectivity index (χ3v) is 7.71. The Morgan fingerprint density at radius 2 is 1.96 bits per heavy atom. The van der Waals surface area contributed by atoms with Gasteiger partial charge in [0.1, 0.15) is 17.8 Å². The maximum atomic E-state index is 13.3. The first kappa shape index (κ1) is 21.0. The van der Waals surface area contributed by atoms with Gasteiger partial charge < -0.3 is 14.2 Å². The Labute approximate surface area is 177 Å².